The second kappa shape index (κ2) is 6.42. The Bertz CT molecular complexity index is 517. The average molecular weight is 260 g/mol. The Hall–Kier alpha value is -1.52. The number of aromatic nitrogens is 1. The zero-order valence-electron chi connectivity index (χ0n) is 10.3. The molecule has 0 atom stereocenters. The highest BCUT2D eigenvalue weighted by atomic mass is 32.2. The largest absolute Gasteiger partial charge is 0.438 e. The minimum atomic E-state index is 0.590. The summed E-state index contributed by atoms with van der Waals surface area (Å²) in [6.45, 7) is 0.590. The van der Waals surface area contributed by atoms with Gasteiger partial charge in [0.15, 0.2) is 0 Å². The molecule has 0 fully saturated rings. The number of pyridine rings is 1. The fourth-order valence-corrected chi connectivity index (χ4v) is 2.19. The first kappa shape index (κ1) is 12.9. The van der Waals surface area contributed by atoms with Crippen molar-refractivity contribution in [3.63, 3.8) is 0 Å². The Kier molecular flexibility index (Phi) is 4.61. The van der Waals surface area contributed by atoms with Gasteiger partial charge in [0, 0.05) is 16.7 Å². The van der Waals surface area contributed by atoms with Gasteiger partial charge in [-0.15, -0.1) is 11.8 Å². The van der Waals surface area contributed by atoms with Crippen LogP contribution in [0.4, 0.5) is 0 Å². The maximum atomic E-state index is 5.90. The lowest BCUT2D eigenvalue weighted by molar-refractivity contribution is 0.446. The van der Waals surface area contributed by atoms with Gasteiger partial charge in [-0.2, -0.15) is 0 Å². The quantitative estimate of drug-likeness (QED) is 0.839. The molecule has 0 amide bonds. The number of nitrogens with zero attached hydrogens (tertiary/aromatic N) is 1. The number of para-hydroxylation sites is 1. The van der Waals surface area contributed by atoms with Crippen molar-refractivity contribution in [1.82, 2.24) is 4.98 Å². The van der Waals surface area contributed by atoms with Crippen LogP contribution in [0.25, 0.3) is 0 Å². The maximum Gasteiger partial charge on any atom is 0.222 e. The zero-order valence-corrected chi connectivity index (χ0v) is 11.1. The molecule has 2 aromatic rings. The third kappa shape index (κ3) is 3.03. The van der Waals surface area contributed by atoms with Gasteiger partial charge in [-0.1, -0.05) is 18.2 Å². The van der Waals surface area contributed by atoms with Gasteiger partial charge in [0.25, 0.3) is 0 Å². The van der Waals surface area contributed by atoms with Crippen molar-refractivity contribution < 1.29 is 4.74 Å². The van der Waals surface area contributed by atoms with Crippen molar-refractivity contribution >= 4 is 11.8 Å². The van der Waals surface area contributed by atoms with Gasteiger partial charge in [0.05, 0.1) is 0 Å². The third-order valence-electron chi connectivity index (χ3n) is 2.54. The Balaban J connectivity index is 2.28. The molecule has 2 N–H and O–H groups in total. The van der Waals surface area contributed by atoms with Crippen LogP contribution in [-0.4, -0.2) is 17.8 Å². The summed E-state index contributed by atoms with van der Waals surface area (Å²) in [5, 5.41) is 0. The van der Waals surface area contributed by atoms with Crippen LogP contribution in [0.15, 0.2) is 47.5 Å². The molecule has 0 saturated carbocycles. The van der Waals surface area contributed by atoms with Crippen LogP contribution < -0.4 is 10.5 Å². The summed E-state index contributed by atoms with van der Waals surface area (Å²) >= 11 is 1.66. The van der Waals surface area contributed by atoms with E-state index in [1.165, 1.54) is 0 Å². The van der Waals surface area contributed by atoms with E-state index in [2.05, 4.69) is 4.98 Å². The highest BCUT2D eigenvalue weighted by molar-refractivity contribution is 7.98. The van der Waals surface area contributed by atoms with E-state index in [0.29, 0.717) is 12.4 Å². The lowest BCUT2D eigenvalue weighted by atomic mass is 10.2. The van der Waals surface area contributed by atoms with Crippen LogP contribution in [0.3, 0.4) is 0 Å². The van der Waals surface area contributed by atoms with E-state index in [4.69, 9.17) is 10.5 Å². The molecule has 0 aliphatic rings. The molecule has 3 nitrogen and oxygen atoms in total. The molecular weight excluding hydrogens is 244 g/mol. The molecule has 0 aliphatic heterocycles. The van der Waals surface area contributed by atoms with Gasteiger partial charge < -0.3 is 10.5 Å². The first-order valence-electron chi connectivity index (χ1n) is 5.80. The molecule has 0 radical (unpaired) electrons. The molecule has 2 rings (SSSR count). The maximum absolute atomic E-state index is 5.90. The van der Waals surface area contributed by atoms with Crippen molar-refractivity contribution in [2.75, 3.05) is 12.8 Å². The van der Waals surface area contributed by atoms with E-state index >= 15 is 0 Å². The Morgan fingerprint density at radius 1 is 1.22 bits per heavy atom. The van der Waals surface area contributed by atoms with Gasteiger partial charge in [-0.05, 0) is 37.4 Å². The summed E-state index contributed by atoms with van der Waals surface area (Å²) in [6, 6.07) is 11.8. The first-order valence-corrected chi connectivity index (χ1v) is 7.02. The number of hydrogen-bond acceptors (Lipinski definition) is 4. The molecule has 1 aromatic carbocycles. The smallest absolute Gasteiger partial charge is 0.222 e. The van der Waals surface area contributed by atoms with Crippen molar-refractivity contribution in [3.05, 3.63) is 48.2 Å². The van der Waals surface area contributed by atoms with E-state index < -0.39 is 0 Å². The summed E-state index contributed by atoms with van der Waals surface area (Å²) in [6.07, 6.45) is 4.53. The predicted octanol–water partition coefficient (Wildman–Crippen LogP) is 3.10. The van der Waals surface area contributed by atoms with Crippen molar-refractivity contribution in [2.24, 2.45) is 5.73 Å². The van der Waals surface area contributed by atoms with Gasteiger partial charge >= 0.3 is 0 Å². The lowest BCUT2D eigenvalue weighted by Crippen LogP contribution is -2.04. The molecule has 0 saturated heterocycles. The standard InChI is InChI=1S/C14H16N2OS/c1-18-13-7-3-2-6-12(13)17-14-11(8-9-15)5-4-10-16-14/h2-7,10H,8-9,15H2,1H3. The SMILES string of the molecule is CSc1ccccc1Oc1ncccc1CCN. The molecular formula is C14H16N2OS. The number of rotatable bonds is 5. The summed E-state index contributed by atoms with van der Waals surface area (Å²) in [4.78, 5) is 5.38. The molecule has 94 valence electrons. The van der Waals surface area contributed by atoms with Crippen LogP contribution >= 0.6 is 11.8 Å². The number of nitrogens with two attached hydrogens (primary N) is 1. The first-order chi connectivity index (χ1) is 8.85. The minimum absolute atomic E-state index is 0.590. The molecule has 4 heteroatoms. The van der Waals surface area contributed by atoms with Crippen LogP contribution in [0.2, 0.25) is 0 Å². The Morgan fingerprint density at radius 3 is 2.83 bits per heavy atom. The van der Waals surface area contributed by atoms with Gasteiger partial charge in [-0.25, -0.2) is 4.98 Å². The van der Waals surface area contributed by atoms with E-state index in [0.717, 1.165) is 22.6 Å². The zero-order chi connectivity index (χ0) is 12.8. The van der Waals surface area contributed by atoms with Gasteiger partial charge in [0.1, 0.15) is 5.75 Å². The third-order valence-corrected chi connectivity index (χ3v) is 3.32. The fourth-order valence-electron chi connectivity index (χ4n) is 1.67. The second-order valence-electron chi connectivity index (χ2n) is 3.76. The van der Waals surface area contributed by atoms with Crippen LogP contribution in [0.5, 0.6) is 11.6 Å². The average Bonchev–Trinajstić information content (AvgIpc) is 2.42. The molecule has 0 bridgehead atoms. The normalized spacial score (nSPS) is 10.3. The topological polar surface area (TPSA) is 48.1 Å². The summed E-state index contributed by atoms with van der Waals surface area (Å²) in [5.74, 6) is 1.48. The van der Waals surface area contributed by atoms with Crippen LogP contribution in [-0.2, 0) is 6.42 Å². The number of benzene rings is 1. The molecule has 1 aromatic heterocycles. The van der Waals surface area contributed by atoms with Gasteiger partial charge in [0.2, 0.25) is 5.88 Å². The van der Waals surface area contributed by atoms with Crippen LogP contribution in [0, 0.1) is 0 Å². The van der Waals surface area contributed by atoms with E-state index in [1.807, 2.05) is 42.7 Å². The number of hydrogen-bond donors (Lipinski definition) is 1. The monoisotopic (exact) mass is 260 g/mol. The highest BCUT2D eigenvalue weighted by Crippen LogP contribution is 2.31. The number of ether oxygens (including phenoxy) is 1. The molecule has 0 aliphatic carbocycles. The summed E-state index contributed by atoms with van der Waals surface area (Å²) in [5.41, 5.74) is 6.63. The van der Waals surface area contributed by atoms with Crippen molar-refractivity contribution in [2.45, 2.75) is 11.3 Å². The summed E-state index contributed by atoms with van der Waals surface area (Å²) < 4.78 is 5.90. The van der Waals surface area contributed by atoms with E-state index in [1.54, 1.807) is 18.0 Å². The summed E-state index contributed by atoms with van der Waals surface area (Å²) in [7, 11) is 0. The highest BCUT2D eigenvalue weighted by Gasteiger charge is 2.08. The Morgan fingerprint density at radius 2 is 2.06 bits per heavy atom. The second-order valence-corrected chi connectivity index (χ2v) is 4.61. The van der Waals surface area contributed by atoms with E-state index in [-0.39, 0.29) is 0 Å². The van der Waals surface area contributed by atoms with Gasteiger partial charge in [-0.3, -0.25) is 0 Å². The predicted molar refractivity (Wildman–Crippen MR) is 75.3 cm³/mol. The molecule has 0 unspecified atom stereocenters. The van der Waals surface area contributed by atoms with Crippen LogP contribution in [0.1, 0.15) is 5.56 Å². The van der Waals surface area contributed by atoms with Crippen molar-refractivity contribution in [1.29, 1.82) is 0 Å². The minimum Gasteiger partial charge on any atom is -0.438 e. The molecule has 18 heavy (non-hydrogen) atoms. The molecule has 0 spiro atoms. The molecule has 1 heterocycles. The van der Waals surface area contributed by atoms with Crippen molar-refractivity contribution in [3.8, 4) is 11.6 Å². The van der Waals surface area contributed by atoms with E-state index in [9.17, 15) is 0 Å². The fraction of sp³-hybridized carbons (Fsp3) is 0.214. The lowest BCUT2D eigenvalue weighted by Gasteiger charge is -2.11. The number of thioether (sulfide) groups is 1. The Labute approximate surface area is 111 Å².